The normalized spacial score (nSPS) is 18.1. The number of piperidine rings is 1. The third-order valence-corrected chi connectivity index (χ3v) is 5.91. The number of carbonyl (C=O) groups is 3. The zero-order valence-electron chi connectivity index (χ0n) is 17.9. The largest absolute Gasteiger partial charge is 0.372 e. The second-order valence-corrected chi connectivity index (χ2v) is 8.40. The van der Waals surface area contributed by atoms with Gasteiger partial charge in [-0.15, -0.1) is 0 Å². The summed E-state index contributed by atoms with van der Waals surface area (Å²) in [4.78, 5) is 43.0. The Morgan fingerprint density at radius 2 is 1.42 bits per heavy atom. The molecule has 4 amide bonds. The van der Waals surface area contributed by atoms with Crippen molar-refractivity contribution in [1.29, 1.82) is 0 Å². The average Bonchev–Trinajstić information content (AvgIpc) is 2.99. The van der Waals surface area contributed by atoms with Crippen molar-refractivity contribution in [2.45, 2.75) is 32.4 Å². The predicted octanol–water partition coefficient (Wildman–Crippen LogP) is 1.64. The Balaban J connectivity index is 1.35. The minimum Gasteiger partial charge on any atom is -0.372 e. The molecule has 0 aromatic heterocycles. The quantitative estimate of drug-likeness (QED) is 0.545. The van der Waals surface area contributed by atoms with Crippen molar-refractivity contribution in [3.63, 3.8) is 0 Å². The van der Waals surface area contributed by atoms with Crippen molar-refractivity contribution in [1.82, 2.24) is 9.80 Å². The predicted molar refractivity (Wildman–Crippen MR) is 117 cm³/mol. The molecule has 162 valence electrons. The number of hydrogen-bond acceptors (Lipinski definition) is 4. The monoisotopic (exact) mass is 421 g/mol. The van der Waals surface area contributed by atoms with Gasteiger partial charge in [-0.25, -0.2) is 9.69 Å². The van der Waals surface area contributed by atoms with E-state index >= 15 is 0 Å². The average molecular weight is 422 g/mol. The maximum absolute atomic E-state index is 12.7. The molecule has 0 radical (unpaired) electrons. The fraction of sp³-hybridized carbons (Fsp3) is 0.375. The number of imide groups is 2. The number of anilines is 1. The van der Waals surface area contributed by atoms with E-state index in [1.54, 1.807) is 0 Å². The van der Waals surface area contributed by atoms with E-state index in [1.165, 1.54) is 24.9 Å². The number of rotatable bonds is 7. The van der Waals surface area contributed by atoms with E-state index in [-0.39, 0.29) is 13.2 Å². The van der Waals surface area contributed by atoms with Crippen LogP contribution in [-0.4, -0.2) is 54.5 Å². The molecule has 2 aromatic rings. The highest BCUT2D eigenvalue weighted by Crippen LogP contribution is 2.20. The van der Waals surface area contributed by atoms with Gasteiger partial charge in [0, 0.05) is 24.3 Å². The Morgan fingerprint density at radius 3 is 2.10 bits per heavy atom. The number of urea groups is 1. The standard InChI is InChI=1S/C24H28N4O3/c1-25(16-20-10-12-21(13-11-20)26-14-6-3-7-15-26)18-28-23(30)22(29)27(24(28)31)17-19-8-4-2-5-9-19/h2,4-5,8-13H,3,6-7,14-18H2,1H3/p+1. The minimum absolute atomic E-state index is 0.109. The SMILES string of the molecule is C[NH+](Cc1ccc(N2CCCCC2)cc1)CN1C(=O)C(=O)N(Cc2ccccc2)C1=O. The van der Waals surface area contributed by atoms with E-state index < -0.39 is 17.8 Å². The molecule has 31 heavy (non-hydrogen) atoms. The molecule has 2 saturated heterocycles. The first-order valence-corrected chi connectivity index (χ1v) is 10.9. The number of quaternary nitrogens is 1. The van der Waals surface area contributed by atoms with Crippen LogP contribution in [-0.2, 0) is 22.7 Å². The molecule has 7 nitrogen and oxygen atoms in total. The summed E-state index contributed by atoms with van der Waals surface area (Å²) in [6.07, 6.45) is 3.79. The van der Waals surface area contributed by atoms with Gasteiger partial charge >= 0.3 is 17.8 Å². The van der Waals surface area contributed by atoms with E-state index in [0.29, 0.717) is 6.54 Å². The Morgan fingerprint density at radius 1 is 0.774 bits per heavy atom. The highest BCUT2D eigenvalue weighted by atomic mass is 16.2. The van der Waals surface area contributed by atoms with Gasteiger partial charge in [-0.05, 0) is 37.0 Å². The summed E-state index contributed by atoms with van der Waals surface area (Å²) in [5, 5.41) is 0. The molecule has 2 aliphatic rings. The van der Waals surface area contributed by atoms with Gasteiger partial charge in [-0.1, -0.05) is 42.5 Å². The van der Waals surface area contributed by atoms with E-state index in [0.717, 1.165) is 38.9 Å². The summed E-state index contributed by atoms with van der Waals surface area (Å²) in [5.74, 6) is -1.51. The number of hydrogen-bond donors (Lipinski definition) is 1. The first-order chi connectivity index (χ1) is 15.0. The van der Waals surface area contributed by atoms with E-state index in [2.05, 4.69) is 29.2 Å². The molecular weight excluding hydrogens is 392 g/mol. The number of carbonyl (C=O) groups excluding carboxylic acids is 3. The van der Waals surface area contributed by atoms with Crippen molar-refractivity contribution in [3.05, 3.63) is 65.7 Å². The lowest BCUT2D eigenvalue weighted by Crippen LogP contribution is -3.09. The number of benzene rings is 2. The van der Waals surface area contributed by atoms with Gasteiger partial charge in [-0.3, -0.25) is 14.5 Å². The first-order valence-electron chi connectivity index (χ1n) is 10.9. The van der Waals surface area contributed by atoms with Crippen molar-refractivity contribution in [2.75, 3.05) is 31.7 Å². The van der Waals surface area contributed by atoms with Crippen LogP contribution in [0.25, 0.3) is 0 Å². The van der Waals surface area contributed by atoms with Crippen molar-refractivity contribution in [3.8, 4) is 0 Å². The fourth-order valence-corrected chi connectivity index (χ4v) is 4.25. The molecule has 1 atom stereocenters. The Labute approximate surface area is 182 Å². The van der Waals surface area contributed by atoms with Crippen LogP contribution in [0.3, 0.4) is 0 Å². The maximum Gasteiger partial charge on any atom is 0.339 e. The van der Waals surface area contributed by atoms with Gasteiger partial charge in [-0.2, -0.15) is 0 Å². The van der Waals surface area contributed by atoms with Crippen molar-refractivity contribution >= 4 is 23.5 Å². The smallest absolute Gasteiger partial charge is 0.339 e. The van der Waals surface area contributed by atoms with Crippen LogP contribution in [0.15, 0.2) is 54.6 Å². The zero-order valence-corrected chi connectivity index (χ0v) is 17.9. The summed E-state index contributed by atoms with van der Waals surface area (Å²) in [6.45, 7) is 3.14. The number of nitrogens with one attached hydrogen (secondary N) is 1. The molecule has 2 aromatic carbocycles. The molecule has 4 rings (SSSR count). The second-order valence-electron chi connectivity index (χ2n) is 8.40. The molecule has 1 unspecified atom stereocenters. The zero-order chi connectivity index (χ0) is 21.8. The first kappa shape index (κ1) is 21.1. The molecule has 0 aliphatic carbocycles. The molecular formula is C24H29N4O3+. The summed E-state index contributed by atoms with van der Waals surface area (Å²) < 4.78 is 0. The second kappa shape index (κ2) is 9.31. The van der Waals surface area contributed by atoms with Crippen LogP contribution in [0.4, 0.5) is 10.5 Å². The third kappa shape index (κ3) is 4.77. The van der Waals surface area contributed by atoms with E-state index in [1.807, 2.05) is 37.4 Å². The number of amides is 4. The summed E-state index contributed by atoms with van der Waals surface area (Å²) >= 11 is 0. The molecule has 2 fully saturated rings. The van der Waals surface area contributed by atoms with Gasteiger partial charge in [0.05, 0.1) is 13.6 Å². The van der Waals surface area contributed by atoms with Gasteiger partial charge in [0.15, 0.2) is 6.67 Å². The van der Waals surface area contributed by atoms with Gasteiger partial charge < -0.3 is 9.80 Å². The van der Waals surface area contributed by atoms with E-state index in [9.17, 15) is 14.4 Å². The lowest BCUT2D eigenvalue weighted by atomic mass is 10.1. The van der Waals surface area contributed by atoms with Gasteiger partial charge in [0.25, 0.3) is 0 Å². The van der Waals surface area contributed by atoms with E-state index in [4.69, 9.17) is 0 Å². The minimum atomic E-state index is -0.757. The summed E-state index contributed by atoms with van der Waals surface area (Å²) in [6, 6.07) is 17.2. The highest BCUT2D eigenvalue weighted by molar-refractivity contribution is 6.44. The Bertz CT molecular complexity index is 939. The molecule has 7 heteroatoms. The van der Waals surface area contributed by atoms with Crippen LogP contribution < -0.4 is 9.80 Å². The van der Waals surface area contributed by atoms with Crippen LogP contribution in [0, 0.1) is 0 Å². The highest BCUT2D eigenvalue weighted by Gasteiger charge is 2.45. The molecule has 0 spiro atoms. The topological polar surface area (TPSA) is 65.4 Å². The summed E-state index contributed by atoms with van der Waals surface area (Å²) in [7, 11) is 1.92. The lowest BCUT2D eigenvalue weighted by Gasteiger charge is -2.29. The number of nitrogens with zero attached hydrogens (tertiary/aromatic N) is 3. The molecule has 2 heterocycles. The molecule has 0 bridgehead atoms. The third-order valence-electron chi connectivity index (χ3n) is 5.91. The van der Waals surface area contributed by atoms with Crippen LogP contribution in [0.5, 0.6) is 0 Å². The van der Waals surface area contributed by atoms with Crippen molar-refractivity contribution < 1.29 is 19.3 Å². The Kier molecular flexibility index (Phi) is 6.32. The van der Waals surface area contributed by atoms with Gasteiger partial charge in [0.1, 0.15) is 6.54 Å². The van der Waals surface area contributed by atoms with Crippen LogP contribution in [0.2, 0.25) is 0 Å². The molecule has 2 aliphatic heterocycles. The van der Waals surface area contributed by atoms with Crippen LogP contribution >= 0.6 is 0 Å². The van der Waals surface area contributed by atoms with Crippen molar-refractivity contribution in [2.24, 2.45) is 0 Å². The lowest BCUT2D eigenvalue weighted by molar-refractivity contribution is -0.901. The molecule has 0 saturated carbocycles. The Hall–Kier alpha value is -3.19. The van der Waals surface area contributed by atoms with Gasteiger partial charge in [0.2, 0.25) is 0 Å². The molecule has 1 N–H and O–H groups in total. The van der Waals surface area contributed by atoms with Crippen LogP contribution in [0.1, 0.15) is 30.4 Å². The fourth-order valence-electron chi connectivity index (χ4n) is 4.25. The maximum atomic E-state index is 12.7. The summed E-state index contributed by atoms with van der Waals surface area (Å²) in [5.41, 5.74) is 3.19.